The Labute approximate surface area is 425 Å². The van der Waals surface area contributed by atoms with Crippen LogP contribution in [-0.4, -0.2) is 108 Å². The number of thiophene rings is 1. The van der Waals surface area contributed by atoms with Crippen molar-refractivity contribution < 1.29 is 43.7 Å². The smallest absolute Gasteiger partial charge is 0.349 e. The van der Waals surface area contributed by atoms with E-state index in [0.29, 0.717) is 29.3 Å². The summed E-state index contributed by atoms with van der Waals surface area (Å²) in [6.45, 7) is 7.38. The van der Waals surface area contributed by atoms with Gasteiger partial charge in [-0.2, -0.15) is 0 Å². The van der Waals surface area contributed by atoms with Crippen LogP contribution in [0.2, 0.25) is 5.02 Å². The van der Waals surface area contributed by atoms with Crippen molar-refractivity contribution in [2.75, 3.05) is 60.3 Å². The maximum atomic E-state index is 13.3. The number of imide groups is 1. The van der Waals surface area contributed by atoms with Crippen LogP contribution in [0.5, 0.6) is 5.75 Å². The van der Waals surface area contributed by atoms with Crippen molar-refractivity contribution in [3.8, 4) is 16.2 Å². The van der Waals surface area contributed by atoms with Crippen LogP contribution in [0.15, 0.2) is 78.9 Å². The number of amides is 4. The second kappa shape index (κ2) is 22.4. The van der Waals surface area contributed by atoms with E-state index in [2.05, 4.69) is 68.6 Å². The molecule has 0 radical (unpaired) electrons. The molecule has 0 bridgehead atoms. The standard InChI is InChI=1S/C28H32ClN3O5S2.C24H26N4O4/c1-28(2)14-21(10-11-32(28)38-16-17-6-4-8-19(12-17)30-3)31-20-9-5-7-18(13-20)25-23(29)24(37-15-22(33)34)26(39-25)27(35)36;29-14-25-11-8-15-9-12-27(13-10-15)18-4-5-19-22-16(18)2-1-3-17(22)24(32)28(19)20-6-7-21(30)26-23(20)31/h4-9,12-13,21,30-31H,10-11,14-16H2,1-3H3,(H,33,34)(H,35,36);1-5,14-15,20H,6-13H2,(H,25,29)(H,26,30,31). The van der Waals surface area contributed by atoms with Crippen molar-refractivity contribution in [2.24, 2.45) is 5.92 Å². The summed E-state index contributed by atoms with van der Waals surface area (Å²) in [7, 11) is 1.93. The van der Waals surface area contributed by atoms with Gasteiger partial charge in [0.1, 0.15) is 11.1 Å². The normalized spacial score (nSPS) is 18.9. The third-order valence-corrected chi connectivity index (χ3v) is 16.6. The van der Waals surface area contributed by atoms with E-state index in [-0.39, 0.29) is 45.5 Å². The lowest BCUT2D eigenvalue weighted by molar-refractivity contribution is -0.139. The minimum absolute atomic E-state index is 0.0113. The number of hydrogen-bond acceptors (Lipinski definition) is 13. The molecule has 4 aromatic carbocycles. The monoisotopic (exact) mass is 1020 g/mol. The van der Waals surface area contributed by atoms with Gasteiger partial charge in [-0.05, 0) is 112 Å². The van der Waals surface area contributed by atoms with Gasteiger partial charge >= 0.3 is 11.9 Å². The minimum Gasteiger partial charge on any atom is -0.479 e. The van der Waals surface area contributed by atoms with Gasteiger partial charge in [0.05, 0.1) is 10.6 Å². The average Bonchev–Trinajstić information content (AvgIpc) is 3.84. The number of carbonyl (C=O) groups is 6. The van der Waals surface area contributed by atoms with Gasteiger partial charge in [-0.25, -0.2) is 13.9 Å². The highest BCUT2D eigenvalue weighted by Crippen LogP contribution is 2.47. The SMILES string of the molecule is CNc1cccc(CSN2CCC(Nc3cccc(-c4sc(C(=O)O)c(OCC(=O)O)c4Cl)c3)CC2(C)C)c1.O=CNCCC1CCN(c2ccc3c4c(cccc24)C(=O)N3C2CCC(=O)NC2=O)CC1. The quantitative estimate of drug-likeness (QED) is 0.0223. The van der Waals surface area contributed by atoms with Crippen LogP contribution in [0.1, 0.15) is 84.4 Å². The van der Waals surface area contributed by atoms with Crippen LogP contribution in [0, 0.1) is 5.92 Å². The van der Waals surface area contributed by atoms with Crippen molar-refractivity contribution in [1.29, 1.82) is 0 Å². The summed E-state index contributed by atoms with van der Waals surface area (Å²) in [4.78, 5) is 74.8. The van der Waals surface area contributed by atoms with E-state index in [0.717, 1.165) is 114 Å². The second-order valence-corrected chi connectivity index (χ2v) is 21.1. The van der Waals surface area contributed by atoms with Crippen LogP contribution in [0.3, 0.4) is 0 Å². The second-order valence-electron chi connectivity index (χ2n) is 18.7. The first-order valence-electron chi connectivity index (χ1n) is 23.7. The summed E-state index contributed by atoms with van der Waals surface area (Å²) in [5, 5.41) is 32.5. The Balaban J connectivity index is 0.000000194. The molecule has 4 aliphatic heterocycles. The van der Waals surface area contributed by atoms with E-state index < -0.39 is 30.5 Å². The highest BCUT2D eigenvalue weighted by Gasteiger charge is 2.41. The number of anilines is 4. The molecule has 2 atom stereocenters. The molecule has 0 saturated carbocycles. The maximum absolute atomic E-state index is 13.3. The molecule has 1 aromatic heterocycles. The number of hydrogen-bond donors (Lipinski definition) is 6. The average molecular weight is 1020 g/mol. The lowest BCUT2D eigenvalue weighted by Gasteiger charge is -2.45. The molecule has 4 aliphatic rings. The van der Waals surface area contributed by atoms with E-state index in [1.54, 1.807) is 4.90 Å². The van der Waals surface area contributed by atoms with Gasteiger partial charge in [-0.1, -0.05) is 59.9 Å². The molecular formula is C52H58ClN7O9S2. The summed E-state index contributed by atoms with van der Waals surface area (Å²) in [5.74, 6) is -1.92. The number of ether oxygens (including phenoxy) is 1. The van der Waals surface area contributed by atoms with Gasteiger partial charge in [0.25, 0.3) is 5.91 Å². The number of rotatable bonds is 17. The molecule has 5 aromatic rings. The molecule has 16 nitrogen and oxygen atoms in total. The van der Waals surface area contributed by atoms with Crippen LogP contribution >= 0.6 is 34.9 Å². The number of nitrogens with zero attached hydrogens (tertiary/aromatic N) is 3. The zero-order valence-electron chi connectivity index (χ0n) is 39.8. The first-order chi connectivity index (χ1) is 34.1. The Hall–Kier alpha value is -6.34. The van der Waals surface area contributed by atoms with Crippen LogP contribution in [0.25, 0.3) is 21.2 Å². The zero-order chi connectivity index (χ0) is 50.4. The predicted molar refractivity (Wildman–Crippen MR) is 280 cm³/mol. The molecule has 71 heavy (non-hydrogen) atoms. The van der Waals surface area contributed by atoms with Gasteiger partial charge in [0, 0.05) is 90.4 Å². The number of piperidine rings is 3. The first kappa shape index (κ1) is 51.0. The Bertz CT molecular complexity index is 2830. The molecule has 0 spiro atoms. The lowest BCUT2D eigenvalue weighted by Crippen LogP contribution is -2.53. The van der Waals surface area contributed by atoms with Crippen molar-refractivity contribution in [1.82, 2.24) is 14.9 Å². The van der Waals surface area contributed by atoms with E-state index in [1.165, 1.54) is 5.56 Å². The molecule has 3 saturated heterocycles. The minimum atomic E-state index is -1.22. The number of aromatic carboxylic acids is 1. The van der Waals surface area contributed by atoms with Gasteiger partial charge in [-0.15, -0.1) is 11.3 Å². The zero-order valence-corrected chi connectivity index (χ0v) is 42.2. The maximum Gasteiger partial charge on any atom is 0.349 e. The summed E-state index contributed by atoms with van der Waals surface area (Å²) in [6, 6.07) is 25.5. The van der Waals surface area contributed by atoms with E-state index in [9.17, 15) is 33.9 Å². The molecule has 0 aliphatic carbocycles. The van der Waals surface area contributed by atoms with Crippen LogP contribution in [-0.2, 0) is 24.9 Å². The molecule has 3 fully saturated rings. The largest absolute Gasteiger partial charge is 0.479 e. The number of benzene rings is 4. The Morgan fingerprint density at radius 3 is 2.41 bits per heavy atom. The Kier molecular flexibility index (Phi) is 16.1. The fourth-order valence-electron chi connectivity index (χ4n) is 10.00. The van der Waals surface area contributed by atoms with E-state index in [4.69, 9.17) is 21.4 Å². The Morgan fingerprint density at radius 2 is 1.69 bits per heavy atom. The van der Waals surface area contributed by atoms with Crippen molar-refractivity contribution >= 4 is 104 Å². The van der Waals surface area contributed by atoms with Crippen molar-refractivity contribution in [3.05, 3.63) is 99.9 Å². The summed E-state index contributed by atoms with van der Waals surface area (Å²) in [5.41, 5.74) is 6.49. The van der Waals surface area contributed by atoms with Gasteiger partial charge in [0.15, 0.2) is 17.2 Å². The number of carbonyl (C=O) groups excluding carboxylic acids is 4. The molecule has 19 heteroatoms. The van der Waals surface area contributed by atoms with Crippen molar-refractivity contribution in [2.45, 2.75) is 82.2 Å². The molecular weight excluding hydrogens is 966 g/mol. The fourth-order valence-corrected chi connectivity index (χ4v) is 12.5. The molecule has 374 valence electrons. The molecule has 2 unspecified atom stereocenters. The summed E-state index contributed by atoms with van der Waals surface area (Å²) in [6.07, 6.45) is 6.36. The lowest BCUT2D eigenvalue weighted by atomic mass is 9.89. The van der Waals surface area contributed by atoms with Crippen molar-refractivity contribution in [3.63, 3.8) is 0 Å². The highest BCUT2D eigenvalue weighted by molar-refractivity contribution is 7.96. The number of aliphatic carboxylic acids is 1. The Morgan fingerprint density at radius 1 is 0.944 bits per heavy atom. The van der Waals surface area contributed by atoms with Crippen LogP contribution < -0.4 is 35.8 Å². The predicted octanol–water partition coefficient (Wildman–Crippen LogP) is 8.73. The third-order valence-electron chi connectivity index (χ3n) is 13.5. The molecule has 6 N–H and O–H groups in total. The third kappa shape index (κ3) is 11.6. The topological polar surface area (TPSA) is 210 Å². The fraction of sp³-hybridized carbons (Fsp3) is 0.385. The number of carboxylic acid groups (broad SMARTS) is 2. The number of nitrogens with one attached hydrogen (secondary N) is 4. The van der Waals surface area contributed by atoms with E-state index >= 15 is 0 Å². The molecule has 5 heterocycles. The number of carboxylic acids is 2. The van der Waals surface area contributed by atoms with Crippen LogP contribution in [0.4, 0.5) is 22.7 Å². The summed E-state index contributed by atoms with van der Waals surface area (Å²) < 4.78 is 7.69. The van der Waals surface area contributed by atoms with Gasteiger partial charge in [0.2, 0.25) is 18.2 Å². The summed E-state index contributed by atoms with van der Waals surface area (Å²) >= 11 is 9.31. The molecule has 9 rings (SSSR count). The first-order valence-corrected chi connectivity index (χ1v) is 25.9. The molecule has 4 amide bonds. The van der Waals surface area contributed by atoms with E-state index in [1.807, 2.05) is 73.6 Å². The number of halogens is 1. The van der Waals surface area contributed by atoms with Gasteiger partial charge in [-0.3, -0.25) is 29.4 Å². The highest BCUT2D eigenvalue weighted by atomic mass is 35.5. The van der Waals surface area contributed by atoms with Gasteiger partial charge < -0.3 is 35.8 Å².